The van der Waals surface area contributed by atoms with Crippen molar-refractivity contribution in [2.45, 2.75) is 45.5 Å². The minimum atomic E-state index is -2.38. The van der Waals surface area contributed by atoms with Crippen molar-refractivity contribution in [3.05, 3.63) is 30.3 Å². The van der Waals surface area contributed by atoms with E-state index < -0.39 is 23.6 Å². The second-order valence-corrected chi connectivity index (χ2v) is 11.5. The summed E-state index contributed by atoms with van der Waals surface area (Å²) in [6, 6.07) is 9.85. The minimum absolute atomic E-state index is 0.0805. The summed E-state index contributed by atoms with van der Waals surface area (Å²) in [6.45, 7) is 13.5. The predicted molar refractivity (Wildman–Crippen MR) is 112 cm³/mol. The van der Waals surface area contributed by atoms with Crippen LogP contribution in [0.5, 0.6) is 5.75 Å². The van der Waals surface area contributed by atoms with E-state index in [0.717, 1.165) is 11.9 Å². The first kappa shape index (κ1) is 22.5. The van der Waals surface area contributed by atoms with Crippen LogP contribution in [0, 0.1) is 0 Å². The van der Waals surface area contributed by atoms with E-state index >= 15 is 0 Å². The van der Waals surface area contributed by atoms with Crippen LogP contribution in [0.3, 0.4) is 0 Å². The molecule has 2 unspecified atom stereocenters. The zero-order chi connectivity index (χ0) is 19.8. The predicted octanol–water partition coefficient (Wildman–Crippen LogP) is 2.32. The van der Waals surface area contributed by atoms with Crippen LogP contribution in [0.1, 0.15) is 20.8 Å². The highest BCUT2D eigenvalue weighted by Crippen LogP contribution is 2.28. The number of hydrogen-bond donors (Lipinski definition) is 0. The SMILES string of the molecule is CCOC(OCC)([SiH2]C)N1CC(COc2ccccc2)O[Si](C)(OCC)C1. The third-order valence-electron chi connectivity index (χ3n) is 4.62. The quantitative estimate of drug-likeness (QED) is 0.410. The zero-order valence-corrected chi connectivity index (χ0v) is 19.8. The maximum atomic E-state index is 6.42. The van der Waals surface area contributed by atoms with E-state index in [9.17, 15) is 0 Å². The van der Waals surface area contributed by atoms with Crippen molar-refractivity contribution < 1.29 is 23.1 Å². The van der Waals surface area contributed by atoms with Gasteiger partial charge < -0.3 is 23.1 Å². The van der Waals surface area contributed by atoms with E-state index in [0.29, 0.717) is 33.0 Å². The topological polar surface area (TPSA) is 49.4 Å². The maximum absolute atomic E-state index is 6.42. The Morgan fingerprint density at radius 2 is 1.81 bits per heavy atom. The molecule has 154 valence electrons. The van der Waals surface area contributed by atoms with E-state index in [2.05, 4.69) is 18.0 Å². The monoisotopic (exact) mass is 413 g/mol. The number of para-hydroxylation sites is 1. The first-order chi connectivity index (χ1) is 13.0. The van der Waals surface area contributed by atoms with Crippen LogP contribution in [0.25, 0.3) is 0 Å². The van der Waals surface area contributed by atoms with Crippen LogP contribution in [-0.4, -0.2) is 73.8 Å². The van der Waals surface area contributed by atoms with Crippen LogP contribution in [-0.2, 0) is 18.3 Å². The number of hydrogen-bond acceptors (Lipinski definition) is 6. The molecule has 1 fully saturated rings. The molecule has 2 rings (SSSR count). The Hall–Kier alpha value is -0.746. The van der Waals surface area contributed by atoms with Gasteiger partial charge in [-0.1, -0.05) is 24.7 Å². The average molecular weight is 414 g/mol. The van der Waals surface area contributed by atoms with E-state index in [1.54, 1.807) is 0 Å². The molecule has 0 aliphatic carbocycles. The average Bonchev–Trinajstić information content (AvgIpc) is 2.66. The molecular weight excluding hydrogens is 378 g/mol. The Bertz CT molecular complexity index is 544. The molecule has 6 nitrogen and oxygen atoms in total. The van der Waals surface area contributed by atoms with Crippen LogP contribution >= 0.6 is 0 Å². The van der Waals surface area contributed by atoms with Crippen LogP contribution in [0.15, 0.2) is 30.3 Å². The first-order valence-corrected chi connectivity index (χ1v) is 14.7. The van der Waals surface area contributed by atoms with Crippen molar-refractivity contribution in [1.82, 2.24) is 4.90 Å². The fraction of sp³-hybridized carbons (Fsp3) is 0.684. The zero-order valence-electron chi connectivity index (χ0n) is 17.4. The van der Waals surface area contributed by atoms with Crippen molar-refractivity contribution in [2.75, 3.05) is 39.1 Å². The number of nitrogens with zero attached hydrogens (tertiary/aromatic N) is 1. The summed E-state index contributed by atoms with van der Waals surface area (Å²) in [4.78, 5) is 2.32. The molecule has 0 saturated carbocycles. The summed E-state index contributed by atoms with van der Waals surface area (Å²) in [5.41, 5.74) is -0.608. The minimum Gasteiger partial charge on any atom is -0.491 e. The number of benzene rings is 1. The molecule has 1 heterocycles. The molecule has 2 atom stereocenters. The highest BCUT2D eigenvalue weighted by molar-refractivity contribution is 6.66. The number of ether oxygens (including phenoxy) is 3. The van der Waals surface area contributed by atoms with E-state index in [-0.39, 0.29) is 6.10 Å². The smallest absolute Gasteiger partial charge is 0.350 e. The molecule has 1 aliphatic heterocycles. The Labute approximate surface area is 167 Å². The van der Waals surface area contributed by atoms with Crippen LogP contribution < -0.4 is 4.74 Å². The van der Waals surface area contributed by atoms with Crippen molar-refractivity contribution >= 4 is 18.1 Å². The Morgan fingerprint density at radius 1 is 1.15 bits per heavy atom. The second kappa shape index (κ2) is 10.7. The van der Waals surface area contributed by atoms with Gasteiger partial charge in [-0.2, -0.15) is 0 Å². The summed E-state index contributed by atoms with van der Waals surface area (Å²) in [5.74, 6) is 0.851. The van der Waals surface area contributed by atoms with Gasteiger partial charge in [0.1, 0.15) is 21.9 Å². The molecule has 0 spiro atoms. The van der Waals surface area contributed by atoms with E-state index in [1.165, 1.54) is 0 Å². The summed E-state index contributed by atoms with van der Waals surface area (Å²) < 4.78 is 30.8. The van der Waals surface area contributed by atoms with Crippen molar-refractivity contribution in [1.29, 1.82) is 0 Å². The lowest BCUT2D eigenvalue weighted by atomic mass is 10.3. The lowest BCUT2D eigenvalue weighted by molar-refractivity contribution is -0.266. The molecule has 1 aliphatic rings. The van der Waals surface area contributed by atoms with Gasteiger partial charge in [-0.15, -0.1) is 0 Å². The van der Waals surface area contributed by atoms with E-state index in [1.807, 2.05) is 51.1 Å². The van der Waals surface area contributed by atoms with Gasteiger partial charge in [0.05, 0.1) is 6.10 Å². The van der Waals surface area contributed by atoms with Gasteiger partial charge in [-0.05, 0) is 39.5 Å². The Kier molecular flexibility index (Phi) is 8.94. The second-order valence-electron chi connectivity index (χ2n) is 6.74. The fourth-order valence-electron chi connectivity index (χ4n) is 3.62. The van der Waals surface area contributed by atoms with Gasteiger partial charge in [-0.3, -0.25) is 4.90 Å². The van der Waals surface area contributed by atoms with Gasteiger partial charge in [-0.25, -0.2) is 0 Å². The van der Waals surface area contributed by atoms with Gasteiger partial charge in [0.15, 0.2) is 5.53 Å². The molecule has 0 aromatic heterocycles. The first-order valence-electron chi connectivity index (χ1n) is 10.0. The third-order valence-corrected chi connectivity index (χ3v) is 9.05. The van der Waals surface area contributed by atoms with Crippen molar-refractivity contribution in [3.63, 3.8) is 0 Å². The van der Waals surface area contributed by atoms with Crippen LogP contribution in [0.4, 0.5) is 0 Å². The fourth-order valence-corrected chi connectivity index (χ4v) is 8.11. The molecule has 1 aromatic rings. The maximum Gasteiger partial charge on any atom is 0.350 e. The lowest BCUT2D eigenvalue weighted by Crippen LogP contribution is -2.69. The third kappa shape index (κ3) is 6.12. The molecule has 27 heavy (non-hydrogen) atoms. The standard InChI is InChI=1S/C19H35NO5Si2/c1-6-22-19(26-4,23-7-2)20-14-18(25-27(5,16-20)24-8-3)15-21-17-12-10-9-11-13-17/h9-13,18H,6-8,14-16,26H2,1-5H3. The Morgan fingerprint density at radius 3 is 2.37 bits per heavy atom. The van der Waals surface area contributed by atoms with E-state index in [4.69, 9.17) is 23.1 Å². The molecule has 0 bridgehead atoms. The Balaban J connectivity index is 2.17. The van der Waals surface area contributed by atoms with Crippen molar-refractivity contribution in [2.24, 2.45) is 0 Å². The van der Waals surface area contributed by atoms with Gasteiger partial charge >= 0.3 is 8.56 Å². The molecule has 1 aromatic carbocycles. The largest absolute Gasteiger partial charge is 0.491 e. The number of rotatable bonds is 11. The molecule has 0 amide bonds. The van der Waals surface area contributed by atoms with Gasteiger partial charge in [0, 0.05) is 32.5 Å². The molecule has 1 saturated heterocycles. The van der Waals surface area contributed by atoms with Gasteiger partial charge in [0.25, 0.3) is 0 Å². The summed E-state index contributed by atoms with van der Waals surface area (Å²) in [7, 11) is -3.02. The summed E-state index contributed by atoms with van der Waals surface area (Å²) in [5, 5.41) is 0. The van der Waals surface area contributed by atoms with Gasteiger partial charge in [0.2, 0.25) is 0 Å². The highest BCUT2D eigenvalue weighted by Gasteiger charge is 2.49. The summed E-state index contributed by atoms with van der Waals surface area (Å²) in [6.07, 6.45) is 0.659. The van der Waals surface area contributed by atoms with Crippen molar-refractivity contribution in [3.8, 4) is 5.75 Å². The normalized spacial score (nSPS) is 24.6. The van der Waals surface area contributed by atoms with Crippen LogP contribution in [0.2, 0.25) is 13.1 Å². The molecule has 0 N–H and O–H groups in total. The molecule has 8 heteroatoms. The lowest BCUT2D eigenvalue weighted by Gasteiger charge is -2.50. The molecule has 0 radical (unpaired) electrons. The molecular formula is C19H35NO5Si2. The highest BCUT2D eigenvalue weighted by atomic mass is 28.4. The summed E-state index contributed by atoms with van der Waals surface area (Å²) >= 11 is 0.